The fourth-order valence-electron chi connectivity index (χ4n) is 1.42. The van der Waals surface area contributed by atoms with Crippen LogP contribution in [0.2, 0.25) is 0 Å². The SMILES string of the molecule is C=C(C)CCOc1ncncc1CNCC(C)C. The monoisotopic (exact) mass is 249 g/mol. The average molecular weight is 249 g/mol. The van der Waals surface area contributed by atoms with Gasteiger partial charge in [0, 0.05) is 24.7 Å². The topological polar surface area (TPSA) is 47.0 Å². The summed E-state index contributed by atoms with van der Waals surface area (Å²) >= 11 is 0. The van der Waals surface area contributed by atoms with Gasteiger partial charge in [-0.2, -0.15) is 0 Å². The third kappa shape index (κ3) is 5.77. The van der Waals surface area contributed by atoms with Crippen LogP contribution in [-0.4, -0.2) is 23.1 Å². The molecule has 100 valence electrons. The zero-order chi connectivity index (χ0) is 13.4. The van der Waals surface area contributed by atoms with Crippen LogP contribution in [0, 0.1) is 5.92 Å². The van der Waals surface area contributed by atoms with Crippen LogP contribution < -0.4 is 10.1 Å². The van der Waals surface area contributed by atoms with Crippen LogP contribution in [0.25, 0.3) is 0 Å². The molecule has 0 amide bonds. The Morgan fingerprint density at radius 3 is 2.94 bits per heavy atom. The second-order valence-corrected chi connectivity index (χ2v) is 4.93. The fraction of sp³-hybridized carbons (Fsp3) is 0.571. The van der Waals surface area contributed by atoms with Gasteiger partial charge in [0.2, 0.25) is 5.88 Å². The highest BCUT2D eigenvalue weighted by Crippen LogP contribution is 2.13. The van der Waals surface area contributed by atoms with Gasteiger partial charge in [0.15, 0.2) is 0 Å². The molecule has 0 aliphatic heterocycles. The highest BCUT2D eigenvalue weighted by atomic mass is 16.5. The molecule has 1 heterocycles. The van der Waals surface area contributed by atoms with Gasteiger partial charge in [-0.1, -0.05) is 19.4 Å². The van der Waals surface area contributed by atoms with Crippen molar-refractivity contribution in [1.29, 1.82) is 0 Å². The average Bonchev–Trinajstić information content (AvgIpc) is 2.30. The zero-order valence-corrected chi connectivity index (χ0v) is 11.6. The van der Waals surface area contributed by atoms with Crippen LogP contribution in [0.5, 0.6) is 5.88 Å². The van der Waals surface area contributed by atoms with Crippen LogP contribution >= 0.6 is 0 Å². The summed E-state index contributed by atoms with van der Waals surface area (Å²) in [6, 6.07) is 0. The summed E-state index contributed by atoms with van der Waals surface area (Å²) in [6.07, 6.45) is 4.17. The van der Waals surface area contributed by atoms with Gasteiger partial charge in [-0.25, -0.2) is 9.97 Å². The van der Waals surface area contributed by atoms with E-state index in [1.54, 1.807) is 6.20 Å². The maximum Gasteiger partial charge on any atom is 0.220 e. The standard InChI is InChI=1S/C14H23N3O/c1-11(2)5-6-18-14-13(9-16-10-17-14)8-15-7-12(3)4/h9-10,12,15H,1,5-8H2,2-4H3. The third-order valence-electron chi connectivity index (χ3n) is 2.38. The van der Waals surface area contributed by atoms with E-state index in [-0.39, 0.29) is 0 Å². The molecule has 0 aromatic carbocycles. The predicted molar refractivity (Wildman–Crippen MR) is 73.5 cm³/mol. The molecule has 0 aliphatic rings. The van der Waals surface area contributed by atoms with E-state index in [9.17, 15) is 0 Å². The van der Waals surface area contributed by atoms with Gasteiger partial charge in [-0.15, -0.1) is 6.58 Å². The molecule has 0 radical (unpaired) electrons. The molecule has 0 fully saturated rings. The molecule has 4 nitrogen and oxygen atoms in total. The third-order valence-corrected chi connectivity index (χ3v) is 2.38. The molecule has 1 aromatic rings. The lowest BCUT2D eigenvalue weighted by molar-refractivity contribution is 0.304. The highest BCUT2D eigenvalue weighted by molar-refractivity contribution is 5.21. The van der Waals surface area contributed by atoms with E-state index >= 15 is 0 Å². The molecule has 0 atom stereocenters. The summed E-state index contributed by atoms with van der Waals surface area (Å²) in [4.78, 5) is 8.21. The lowest BCUT2D eigenvalue weighted by atomic mass is 10.2. The van der Waals surface area contributed by atoms with Crippen LogP contribution in [0.1, 0.15) is 32.8 Å². The van der Waals surface area contributed by atoms with Gasteiger partial charge in [0.1, 0.15) is 6.33 Å². The largest absolute Gasteiger partial charge is 0.477 e. The van der Waals surface area contributed by atoms with Gasteiger partial charge in [0.25, 0.3) is 0 Å². The first kappa shape index (κ1) is 14.6. The lowest BCUT2D eigenvalue weighted by Crippen LogP contribution is -2.20. The summed E-state index contributed by atoms with van der Waals surface area (Å²) in [6.45, 7) is 12.5. The molecule has 0 saturated carbocycles. The van der Waals surface area contributed by atoms with Crippen LogP contribution in [0.4, 0.5) is 0 Å². The van der Waals surface area contributed by atoms with Crippen molar-refractivity contribution in [3.8, 4) is 5.88 Å². The van der Waals surface area contributed by atoms with Gasteiger partial charge in [-0.3, -0.25) is 0 Å². The number of ether oxygens (including phenoxy) is 1. The summed E-state index contributed by atoms with van der Waals surface area (Å²) < 4.78 is 5.65. The summed E-state index contributed by atoms with van der Waals surface area (Å²) in [7, 11) is 0. The number of nitrogens with zero attached hydrogens (tertiary/aromatic N) is 2. The number of rotatable bonds is 8. The smallest absolute Gasteiger partial charge is 0.220 e. The quantitative estimate of drug-likeness (QED) is 0.719. The van der Waals surface area contributed by atoms with E-state index in [4.69, 9.17) is 4.74 Å². The highest BCUT2D eigenvalue weighted by Gasteiger charge is 2.05. The van der Waals surface area contributed by atoms with Crippen molar-refractivity contribution in [2.75, 3.05) is 13.2 Å². The Labute approximate surface area is 109 Å². The molecule has 0 saturated heterocycles. The van der Waals surface area contributed by atoms with Crippen molar-refractivity contribution < 1.29 is 4.74 Å². The Kier molecular flexibility index (Phi) is 6.36. The van der Waals surface area contributed by atoms with E-state index < -0.39 is 0 Å². The van der Waals surface area contributed by atoms with Gasteiger partial charge < -0.3 is 10.1 Å². The van der Waals surface area contributed by atoms with Gasteiger partial charge in [0.05, 0.1) is 6.61 Å². The Morgan fingerprint density at radius 2 is 2.28 bits per heavy atom. The maximum atomic E-state index is 5.65. The Bertz CT molecular complexity index is 377. The van der Waals surface area contributed by atoms with E-state index in [0.717, 1.165) is 30.6 Å². The van der Waals surface area contributed by atoms with Crippen molar-refractivity contribution in [2.45, 2.75) is 33.7 Å². The number of hydrogen-bond acceptors (Lipinski definition) is 4. The van der Waals surface area contributed by atoms with E-state index in [1.807, 2.05) is 6.92 Å². The Balaban J connectivity index is 2.48. The lowest BCUT2D eigenvalue weighted by Gasteiger charge is -2.11. The van der Waals surface area contributed by atoms with Crippen molar-refractivity contribution in [3.05, 3.63) is 30.2 Å². The summed E-state index contributed by atoms with van der Waals surface area (Å²) in [5.74, 6) is 1.30. The minimum atomic E-state index is 0.615. The second kappa shape index (κ2) is 7.82. The maximum absolute atomic E-state index is 5.65. The van der Waals surface area contributed by atoms with Crippen molar-refractivity contribution >= 4 is 0 Å². The van der Waals surface area contributed by atoms with Crippen molar-refractivity contribution in [3.63, 3.8) is 0 Å². The Morgan fingerprint density at radius 1 is 1.50 bits per heavy atom. The molecule has 1 rings (SSSR count). The first-order valence-corrected chi connectivity index (χ1v) is 6.36. The van der Waals surface area contributed by atoms with E-state index in [2.05, 4.69) is 35.7 Å². The molecule has 0 spiro atoms. The molecule has 1 N–H and O–H groups in total. The summed E-state index contributed by atoms with van der Waals surface area (Å²) in [5.41, 5.74) is 2.11. The van der Waals surface area contributed by atoms with Crippen LogP contribution in [-0.2, 0) is 6.54 Å². The zero-order valence-electron chi connectivity index (χ0n) is 11.6. The fourth-order valence-corrected chi connectivity index (χ4v) is 1.42. The molecule has 0 bridgehead atoms. The normalized spacial score (nSPS) is 10.7. The van der Waals surface area contributed by atoms with Crippen molar-refractivity contribution in [1.82, 2.24) is 15.3 Å². The molecule has 4 heteroatoms. The van der Waals surface area contributed by atoms with Crippen LogP contribution in [0.15, 0.2) is 24.7 Å². The molecular weight excluding hydrogens is 226 g/mol. The predicted octanol–water partition coefficient (Wildman–Crippen LogP) is 2.57. The molecule has 18 heavy (non-hydrogen) atoms. The first-order valence-electron chi connectivity index (χ1n) is 6.36. The van der Waals surface area contributed by atoms with Gasteiger partial charge in [-0.05, 0) is 19.4 Å². The molecule has 1 aromatic heterocycles. The second-order valence-electron chi connectivity index (χ2n) is 4.93. The minimum Gasteiger partial charge on any atom is -0.477 e. The minimum absolute atomic E-state index is 0.615. The first-order chi connectivity index (χ1) is 8.59. The number of hydrogen-bond donors (Lipinski definition) is 1. The summed E-state index contributed by atoms with van der Waals surface area (Å²) in [5, 5.41) is 3.36. The van der Waals surface area contributed by atoms with E-state index in [0.29, 0.717) is 18.4 Å². The van der Waals surface area contributed by atoms with E-state index in [1.165, 1.54) is 6.33 Å². The number of nitrogens with one attached hydrogen (secondary N) is 1. The molecular formula is C14H23N3O. The molecule has 0 unspecified atom stereocenters. The van der Waals surface area contributed by atoms with Crippen LogP contribution in [0.3, 0.4) is 0 Å². The number of aromatic nitrogens is 2. The van der Waals surface area contributed by atoms with Crippen molar-refractivity contribution in [2.24, 2.45) is 5.92 Å². The Hall–Kier alpha value is -1.42. The van der Waals surface area contributed by atoms with Gasteiger partial charge >= 0.3 is 0 Å². The molecule has 0 aliphatic carbocycles.